The van der Waals surface area contributed by atoms with Gasteiger partial charge in [-0.2, -0.15) is 0 Å². The topological polar surface area (TPSA) is 24.5 Å². The van der Waals surface area contributed by atoms with Gasteiger partial charge in [0, 0.05) is 25.2 Å². The highest BCUT2D eigenvalue weighted by molar-refractivity contribution is 5.24. The van der Waals surface area contributed by atoms with Gasteiger partial charge in [-0.05, 0) is 19.9 Å². The van der Waals surface area contributed by atoms with Gasteiger partial charge in [0.1, 0.15) is 0 Å². The van der Waals surface area contributed by atoms with Crippen LogP contribution in [0.1, 0.15) is 13.3 Å². The maximum atomic E-state index is 5.76. The average Bonchev–Trinajstić information content (AvgIpc) is 2.33. The van der Waals surface area contributed by atoms with Crippen LogP contribution in [0.5, 0.6) is 0 Å². The molecule has 3 nitrogen and oxygen atoms in total. The molecule has 2 aliphatic rings. The van der Waals surface area contributed by atoms with Crippen LogP contribution in [0.3, 0.4) is 0 Å². The van der Waals surface area contributed by atoms with Crippen LogP contribution >= 0.6 is 0 Å². The summed E-state index contributed by atoms with van der Waals surface area (Å²) in [5.41, 5.74) is 1.11. The summed E-state index contributed by atoms with van der Waals surface area (Å²) in [5.74, 6) is 1.54. The van der Waals surface area contributed by atoms with E-state index in [-0.39, 0.29) is 0 Å². The van der Waals surface area contributed by atoms with Crippen LogP contribution in [0.25, 0.3) is 0 Å². The van der Waals surface area contributed by atoms with Crippen molar-refractivity contribution in [2.24, 2.45) is 0 Å². The fourth-order valence-electron chi connectivity index (χ4n) is 1.77. The minimum atomic E-state index is 0.724. The van der Waals surface area contributed by atoms with Crippen LogP contribution in [0.2, 0.25) is 0 Å². The van der Waals surface area contributed by atoms with Crippen molar-refractivity contribution in [1.82, 2.24) is 10.2 Å². The highest BCUT2D eigenvalue weighted by Crippen LogP contribution is 2.16. The Labute approximate surface area is 96.8 Å². The molecular weight excluding hydrogens is 200 g/mol. The Morgan fingerprint density at radius 3 is 3.00 bits per heavy atom. The van der Waals surface area contributed by atoms with E-state index in [9.17, 15) is 0 Å². The van der Waals surface area contributed by atoms with Crippen LogP contribution in [-0.2, 0) is 4.74 Å². The second-order valence-electron chi connectivity index (χ2n) is 4.00. The Balaban J connectivity index is 1.96. The molecule has 3 heteroatoms. The van der Waals surface area contributed by atoms with Gasteiger partial charge in [0.25, 0.3) is 0 Å². The van der Waals surface area contributed by atoms with Crippen molar-refractivity contribution >= 4 is 0 Å². The fraction of sp³-hybridized carbons (Fsp3) is 0.385. The number of rotatable bonds is 3. The summed E-state index contributed by atoms with van der Waals surface area (Å²) in [7, 11) is 0. The van der Waals surface area contributed by atoms with Crippen molar-refractivity contribution < 1.29 is 4.74 Å². The molecule has 0 radical (unpaired) electrons. The lowest BCUT2D eigenvalue weighted by Crippen LogP contribution is -2.29. The summed E-state index contributed by atoms with van der Waals surface area (Å²) in [6, 6.07) is 0. The molecule has 2 aliphatic heterocycles. The van der Waals surface area contributed by atoms with E-state index in [0.717, 1.165) is 43.4 Å². The van der Waals surface area contributed by atoms with Crippen molar-refractivity contribution in [3.8, 4) is 0 Å². The molecule has 0 fully saturated rings. The van der Waals surface area contributed by atoms with Gasteiger partial charge in [0.15, 0.2) is 11.8 Å². The Morgan fingerprint density at radius 1 is 1.44 bits per heavy atom. The van der Waals surface area contributed by atoms with Crippen LogP contribution in [0.4, 0.5) is 0 Å². The van der Waals surface area contributed by atoms with Gasteiger partial charge in [-0.3, -0.25) is 0 Å². The third-order valence-electron chi connectivity index (χ3n) is 2.74. The molecule has 0 aromatic carbocycles. The summed E-state index contributed by atoms with van der Waals surface area (Å²) in [4.78, 5) is 2.14. The third-order valence-corrected chi connectivity index (χ3v) is 2.74. The Kier molecular flexibility index (Phi) is 3.34. The zero-order valence-corrected chi connectivity index (χ0v) is 9.70. The van der Waals surface area contributed by atoms with Crippen molar-refractivity contribution in [2.45, 2.75) is 13.3 Å². The molecule has 0 aliphatic carbocycles. The SMILES string of the molecule is C=C(OC1=C(C)C=CCN1)N1CC=CCC1. The quantitative estimate of drug-likeness (QED) is 0.580. The molecule has 0 saturated heterocycles. The fourth-order valence-corrected chi connectivity index (χ4v) is 1.77. The Morgan fingerprint density at radius 2 is 2.31 bits per heavy atom. The summed E-state index contributed by atoms with van der Waals surface area (Å²) in [5, 5.41) is 3.20. The maximum absolute atomic E-state index is 5.76. The molecule has 0 saturated carbocycles. The van der Waals surface area contributed by atoms with Crippen LogP contribution in [-0.4, -0.2) is 24.5 Å². The van der Waals surface area contributed by atoms with Crippen molar-refractivity contribution in [3.05, 3.63) is 48.2 Å². The molecule has 2 heterocycles. The van der Waals surface area contributed by atoms with Crippen molar-refractivity contribution in [3.63, 3.8) is 0 Å². The van der Waals surface area contributed by atoms with E-state index in [1.807, 2.05) is 6.92 Å². The average molecular weight is 218 g/mol. The van der Waals surface area contributed by atoms with Crippen molar-refractivity contribution in [2.75, 3.05) is 19.6 Å². The van der Waals surface area contributed by atoms with Crippen LogP contribution in [0, 0.1) is 0 Å². The van der Waals surface area contributed by atoms with Crippen LogP contribution in [0.15, 0.2) is 48.2 Å². The maximum Gasteiger partial charge on any atom is 0.198 e. The molecule has 0 aromatic heterocycles. The molecule has 86 valence electrons. The first-order valence-electron chi connectivity index (χ1n) is 5.65. The summed E-state index contributed by atoms with van der Waals surface area (Å²) in [6.45, 7) is 8.70. The number of dihydropyridines is 1. The van der Waals surface area contributed by atoms with E-state index in [1.165, 1.54) is 0 Å². The highest BCUT2D eigenvalue weighted by Gasteiger charge is 2.13. The van der Waals surface area contributed by atoms with Gasteiger partial charge in [0.05, 0.1) is 0 Å². The lowest BCUT2D eigenvalue weighted by molar-refractivity contribution is 0.158. The summed E-state index contributed by atoms with van der Waals surface area (Å²) in [6.07, 6.45) is 9.54. The first-order chi connectivity index (χ1) is 7.77. The minimum absolute atomic E-state index is 0.724. The monoisotopic (exact) mass is 218 g/mol. The molecule has 1 N–H and O–H groups in total. The number of nitrogens with one attached hydrogen (secondary N) is 1. The van der Waals surface area contributed by atoms with E-state index in [0.29, 0.717) is 0 Å². The van der Waals surface area contributed by atoms with Gasteiger partial charge in [-0.1, -0.05) is 24.3 Å². The standard InChI is InChI=1S/C13H18N2O/c1-11-7-6-8-14-13(11)16-12(2)15-9-4-3-5-10-15/h3-4,6-7,14H,2,5,8-10H2,1H3. The molecule has 0 bridgehead atoms. The van der Waals surface area contributed by atoms with Gasteiger partial charge in [0.2, 0.25) is 0 Å². The molecule has 0 amide bonds. The van der Waals surface area contributed by atoms with Gasteiger partial charge in [-0.25, -0.2) is 0 Å². The number of ether oxygens (including phenoxy) is 1. The second kappa shape index (κ2) is 4.92. The predicted octanol–water partition coefficient (Wildman–Crippen LogP) is 2.13. The minimum Gasteiger partial charge on any atom is -0.426 e. The number of hydrogen-bond donors (Lipinski definition) is 1. The largest absolute Gasteiger partial charge is 0.426 e. The van der Waals surface area contributed by atoms with Crippen molar-refractivity contribution in [1.29, 1.82) is 0 Å². The Bertz CT molecular complexity index is 366. The zero-order chi connectivity index (χ0) is 11.4. The molecule has 0 unspecified atom stereocenters. The first kappa shape index (κ1) is 10.9. The van der Waals surface area contributed by atoms with Gasteiger partial charge < -0.3 is 15.0 Å². The summed E-state index contributed by atoms with van der Waals surface area (Å²) >= 11 is 0. The first-order valence-corrected chi connectivity index (χ1v) is 5.65. The predicted molar refractivity (Wildman–Crippen MR) is 65.4 cm³/mol. The van der Waals surface area contributed by atoms with E-state index in [4.69, 9.17) is 4.74 Å². The number of hydrogen-bond acceptors (Lipinski definition) is 3. The normalized spacial score (nSPS) is 19.7. The lowest BCUT2D eigenvalue weighted by Gasteiger charge is -2.28. The number of nitrogens with zero attached hydrogens (tertiary/aromatic N) is 1. The second-order valence-corrected chi connectivity index (χ2v) is 4.00. The zero-order valence-electron chi connectivity index (χ0n) is 9.70. The molecule has 0 atom stereocenters. The van der Waals surface area contributed by atoms with E-state index < -0.39 is 0 Å². The van der Waals surface area contributed by atoms with Crippen LogP contribution < -0.4 is 5.32 Å². The summed E-state index contributed by atoms with van der Waals surface area (Å²) < 4.78 is 5.76. The Hall–Kier alpha value is -1.64. The molecule has 2 rings (SSSR count). The third kappa shape index (κ3) is 2.48. The van der Waals surface area contributed by atoms with E-state index in [1.54, 1.807) is 0 Å². The smallest absolute Gasteiger partial charge is 0.198 e. The molecular formula is C13H18N2O. The molecule has 0 aromatic rings. The molecule has 16 heavy (non-hydrogen) atoms. The van der Waals surface area contributed by atoms with E-state index >= 15 is 0 Å². The van der Waals surface area contributed by atoms with Gasteiger partial charge in [-0.15, -0.1) is 0 Å². The highest BCUT2D eigenvalue weighted by atomic mass is 16.5. The lowest BCUT2D eigenvalue weighted by atomic mass is 10.2. The molecule has 0 spiro atoms. The number of allylic oxidation sites excluding steroid dienone is 2. The van der Waals surface area contributed by atoms with E-state index in [2.05, 4.69) is 41.1 Å². The van der Waals surface area contributed by atoms with Gasteiger partial charge >= 0.3 is 0 Å².